The molecule has 0 radical (unpaired) electrons. The Morgan fingerprint density at radius 1 is 1.30 bits per heavy atom. The van der Waals surface area contributed by atoms with E-state index in [1.807, 2.05) is 0 Å². The van der Waals surface area contributed by atoms with Gasteiger partial charge in [0.05, 0.1) is 25.0 Å². The van der Waals surface area contributed by atoms with Crippen LogP contribution in [-0.2, 0) is 14.3 Å². The molecule has 1 aliphatic heterocycles. The molecule has 1 N–H and O–H groups in total. The van der Waals surface area contributed by atoms with Gasteiger partial charge in [0.1, 0.15) is 11.9 Å². The summed E-state index contributed by atoms with van der Waals surface area (Å²) in [6.45, 7) is 0.574. The summed E-state index contributed by atoms with van der Waals surface area (Å²) in [4.78, 5) is 37.5. The lowest BCUT2D eigenvalue weighted by Gasteiger charge is -2.21. The van der Waals surface area contributed by atoms with E-state index in [1.54, 1.807) is 23.1 Å². The van der Waals surface area contributed by atoms with Crippen LogP contribution in [0.25, 0.3) is 5.69 Å². The lowest BCUT2D eigenvalue weighted by Crippen LogP contribution is -2.41. The van der Waals surface area contributed by atoms with Gasteiger partial charge in [-0.05, 0) is 37.6 Å². The van der Waals surface area contributed by atoms with Crippen molar-refractivity contribution >= 4 is 17.6 Å². The number of rotatable bonds is 5. The SMILES string of the molecule is COC(=O)C1CCCN1CC(=O)Nc1ccc(-n2ccccc2=O)cc1F. The fourth-order valence-corrected chi connectivity index (χ4v) is 3.19. The van der Waals surface area contributed by atoms with Gasteiger partial charge in [-0.15, -0.1) is 0 Å². The number of anilines is 1. The van der Waals surface area contributed by atoms with Crippen LogP contribution in [0.4, 0.5) is 10.1 Å². The predicted molar refractivity (Wildman–Crippen MR) is 97.2 cm³/mol. The quantitative estimate of drug-likeness (QED) is 0.805. The van der Waals surface area contributed by atoms with Crippen molar-refractivity contribution in [2.75, 3.05) is 25.5 Å². The van der Waals surface area contributed by atoms with Crippen molar-refractivity contribution in [2.24, 2.45) is 0 Å². The van der Waals surface area contributed by atoms with Crippen LogP contribution < -0.4 is 10.9 Å². The Bertz CT molecular complexity index is 912. The maximum Gasteiger partial charge on any atom is 0.323 e. The molecule has 1 saturated heterocycles. The second-order valence-electron chi connectivity index (χ2n) is 6.27. The van der Waals surface area contributed by atoms with E-state index >= 15 is 0 Å². The third-order valence-electron chi connectivity index (χ3n) is 4.51. The Labute approximate surface area is 155 Å². The topological polar surface area (TPSA) is 80.6 Å². The molecule has 3 rings (SSSR count). The maximum absolute atomic E-state index is 14.4. The van der Waals surface area contributed by atoms with E-state index in [-0.39, 0.29) is 23.8 Å². The van der Waals surface area contributed by atoms with Crippen molar-refractivity contribution < 1.29 is 18.7 Å². The summed E-state index contributed by atoms with van der Waals surface area (Å²) in [6.07, 6.45) is 2.96. The Morgan fingerprint density at radius 2 is 2.11 bits per heavy atom. The minimum atomic E-state index is -0.650. The molecular formula is C19H20FN3O4. The number of benzene rings is 1. The number of carbonyl (C=O) groups excluding carboxylic acids is 2. The molecule has 1 aromatic heterocycles. The average molecular weight is 373 g/mol. The zero-order valence-electron chi connectivity index (χ0n) is 14.9. The molecule has 7 nitrogen and oxygen atoms in total. The van der Waals surface area contributed by atoms with E-state index in [4.69, 9.17) is 4.74 Å². The van der Waals surface area contributed by atoms with Gasteiger partial charge in [-0.25, -0.2) is 4.39 Å². The van der Waals surface area contributed by atoms with E-state index in [1.165, 1.54) is 36.1 Å². The number of halogens is 1. The second-order valence-corrected chi connectivity index (χ2v) is 6.27. The number of carbonyl (C=O) groups is 2. The van der Waals surface area contributed by atoms with Crippen molar-refractivity contribution in [3.8, 4) is 5.69 Å². The van der Waals surface area contributed by atoms with Crippen LogP contribution in [0.15, 0.2) is 47.4 Å². The average Bonchev–Trinajstić information content (AvgIpc) is 3.11. The molecule has 0 saturated carbocycles. The molecule has 1 atom stereocenters. The third-order valence-corrected chi connectivity index (χ3v) is 4.51. The van der Waals surface area contributed by atoms with Gasteiger partial charge in [0.2, 0.25) is 5.91 Å². The van der Waals surface area contributed by atoms with Gasteiger partial charge in [0.25, 0.3) is 5.56 Å². The third kappa shape index (κ3) is 4.22. The van der Waals surface area contributed by atoms with Crippen LogP contribution >= 0.6 is 0 Å². The van der Waals surface area contributed by atoms with Gasteiger partial charge in [0, 0.05) is 18.3 Å². The van der Waals surface area contributed by atoms with Crippen LogP contribution in [0.2, 0.25) is 0 Å². The number of hydrogen-bond acceptors (Lipinski definition) is 5. The maximum atomic E-state index is 14.4. The van der Waals surface area contributed by atoms with Crippen molar-refractivity contribution in [3.05, 3.63) is 58.8 Å². The van der Waals surface area contributed by atoms with E-state index < -0.39 is 17.8 Å². The highest BCUT2D eigenvalue weighted by molar-refractivity contribution is 5.93. The number of hydrogen-bond donors (Lipinski definition) is 1. The van der Waals surface area contributed by atoms with Crippen molar-refractivity contribution in [1.82, 2.24) is 9.47 Å². The lowest BCUT2D eigenvalue weighted by molar-refractivity contribution is -0.146. The molecule has 0 aliphatic carbocycles. The molecule has 1 aromatic carbocycles. The molecule has 2 aromatic rings. The first-order valence-electron chi connectivity index (χ1n) is 8.59. The summed E-state index contributed by atoms with van der Waals surface area (Å²) in [7, 11) is 1.31. The summed E-state index contributed by atoms with van der Waals surface area (Å²) in [5, 5.41) is 2.51. The monoisotopic (exact) mass is 373 g/mol. The van der Waals surface area contributed by atoms with Crippen molar-refractivity contribution in [3.63, 3.8) is 0 Å². The first-order valence-corrected chi connectivity index (χ1v) is 8.59. The first-order chi connectivity index (χ1) is 13.0. The molecule has 1 amide bonds. The van der Waals surface area contributed by atoms with Gasteiger partial charge < -0.3 is 10.1 Å². The van der Waals surface area contributed by atoms with Gasteiger partial charge in [-0.1, -0.05) is 6.07 Å². The second kappa shape index (κ2) is 8.13. The summed E-state index contributed by atoms with van der Waals surface area (Å²) in [5.74, 6) is -1.44. The Balaban J connectivity index is 1.69. The van der Waals surface area contributed by atoms with Crippen LogP contribution in [0.1, 0.15) is 12.8 Å². The highest BCUT2D eigenvalue weighted by atomic mass is 19.1. The number of esters is 1. The summed E-state index contributed by atoms with van der Waals surface area (Å²) >= 11 is 0. The minimum absolute atomic E-state index is 0.0153. The van der Waals surface area contributed by atoms with Crippen LogP contribution in [0, 0.1) is 5.82 Å². The zero-order chi connectivity index (χ0) is 19.4. The largest absolute Gasteiger partial charge is 0.468 e. The van der Waals surface area contributed by atoms with Gasteiger partial charge in [0.15, 0.2) is 0 Å². The number of methoxy groups -OCH3 is 1. The Morgan fingerprint density at radius 3 is 2.81 bits per heavy atom. The number of likely N-dealkylation sites (tertiary alicyclic amines) is 1. The van der Waals surface area contributed by atoms with Crippen LogP contribution in [-0.4, -0.2) is 47.6 Å². The Hall–Kier alpha value is -3.00. The first kappa shape index (κ1) is 18.8. The number of nitrogens with one attached hydrogen (secondary N) is 1. The summed E-state index contributed by atoms with van der Waals surface area (Å²) in [6, 6.07) is 8.34. The standard InChI is InChI=1S/C19H20FN3O4/c1-27-19(26)16-5-4-9-22(16)12-17(24)21-15-8-7-13(11-14(15)20)23-10-3-2-6-18(23)25/h2-3,6-8,10-11,16H,4-5,9,12H2,1H3,(H,21,24). The number of nitrogens with zero attached hydrogens (tertiary/aromatic N) is 2. The Kier molecular flexibility index (Phi) is 5.66. The highest BCUT2D eigenvalue weighted by Gasteiger charge is 2.32. The molecule has 2 heterocycles. The van der Waals surface area contributed by atoms with Crippen LogP contribution in [0.5, 0.6) is 0 Å². The normalized spacial score (nSPS) is 16.9. The predicted octanol–water partition coefficient (Wildman–Crippen LogP) is 1.55. The fraction of sp³-hybridized carbons (Fsp3) is 0.316. The summed E-state index contributed by atoms with van der Waals surface area (Å²) in [5.41, 5.74) is 0.0968. The van der Waals surface area contributed by atoms with Crippen LogP contribution in [0.3, 0.4) is 0 Å². The molecule has 27 heavy (non-hydrogen) atoms. The molecule has 0 bridgehead atoms. The fourth-order valence-electron chi connectivity index (χ4n) is 3.19. The van der Waals surface area contributed by atoms with Crippen molar-refractivity contribution in [1.29, 1.82) is 0 Å². The van der Waals surface area contributed by atoms with E-state index in [2.05, 4.69) is 5.32 Å². The number of amides is 1. The molecule has 1 fully saturated rings. The molecule has 0 spiro atoms. The van der Waals surface area contributed by atoms with Gasteiger partial charge in [-0.2, -0.15) is 0 Å². The zero-order valence-corrected chi connectivity index (χ0v) is 14.9. The van der Waals surface area contributed by atoms with E-state index in [9.17, 15) is 18.8 Å². The number of ether oxygens (including phenoxy) is 1. The molecule has 1 aliphatic rings. The summed E-state index contributed by atoms with van der Waals surface area (Å²) < 4.78 is 20.4. The molecular weight excluding hydrogens is 353 g/mol. The molecule has 142 valence electrons. The van der Waals surface area contributed by atoms with E-state index in [0.29, 0.717) is 18.7 Å². The lowest BCUT2D eigenvalue weighted by atomic mass is 10.2. The number of aromatic nitrogens is 1. The smallest absolute Gasteiger partial charge is 0.323 e. The van der Waals surface area contributed by atoms with E-state index in [0.717, 1.165) is 6.42 Å². The molecule has 1 unspecified atom stereocenters. The van der Waals surface area contributed by atoms with Crippen molar-refractivity contribution in [2.45, 2.75) is 18.9 Å². The highest BCUT2D eigenvalue weighted by Crippen LogP contribution is 2.20. The molecule has 8 heteroatoms. The number of pyridine rings is 1. The van der Waals surface area contributed by atoms with Gasteiger partial charge in [-0.3, -0.25) is 23.9 Å². The van der Waals surface area contributed by atoms with Gasteiger partial charge >= 0.3 is 5.97 Å². The minimum Gasteiger partial charge on any atom is -0.468 e.